The number of amides is 1. The lowest BCUT2D eigenvalue weighted by Crippen LogP contribution is -2.42. The van der Waals surface area contributed by atoms with Gasteiger partial charge in [-0.1, -0.05) is 23.7 Å². The number of benzene rings is 1. The number of hydrogen-bond acceptors (Lipinski definition) is 5. The molecule has 7 nitrogen and oxygen atoms in total. The molecule has 1 unspecified atom stereocenters. The number of carbonyl (C=O) groups excluding carboxylic acids is 1. The summed E-state index contributed by atoms with van der Waals surface area (Å²) in [4.78, 5) is 19.2. The Kier molecular flexibility index (Phi) is 7.74. The Morgan fingerprint density at radius 1 is 1.34 bits per heavy atom. The van der Waals surface area contributed by atoms with Gasteiger partial charge in [-0.3, -0.25) is 9.79 Å². The van der Waals surface area contributed by atoms with E-state index >= 15 is 0 Å². The third-order valence-electron chi connectivity index (χ3n) is 4.35. The molecule has 0 saturated heterocycles. The van der Waals surface area contributed by atoms with Gasteiger partial charge in [0.1, 0.15) is 11.9 Å². The van der Waals surface area contributed by atoms with Crippen molar-refractivity contribution in [3.8, 4) is 5.75 Å². The highest BCUT2D eigenvalue weighted by Crippen LogP contribution is 2.31. The van der Waals surface area contributed by atoms with Crippen LogP contribution in [0.1, 0.15) is 24.3 Å². The summed E-state index contributed by atoms with van der Waals surface area (Å²) < 4.78 is 6.11. The van der Waals surface area contributed by atoms with Gasteiger partial charge < -0.3 is 25.4 Å². The monoisotopic (exact) mass is 436 g/mol. The van der Waals surface area contributed by atoms with E-state index in [2.05, 4.69) is 15.6 Å². The van der Waals surface area contributed by atoms with Crippen molar-refractivity contribution >= 4 is 40.5 Å². The highest BCUT2D eigenvalue weighted by Gasteiger charge is 2.24. The molecule has 1 atom stereocenters. The third kappa shape index (κ3) is 5.85. The number of nitrogens with one attached hydrogen (secondary N) is 2. The highest BCUT2D eigenvalue weighted by molar-refractivity contribution is 7.16. The Morgan fingerprint density at radius 2 is 2.17 bits per heavy atom. The second-order valence-corrected chi connectivity index (χ2v) is 8.21. The van der Waals surface area contributed by atoms with Gasteiger partial charge in [0.2, 0.25) is 0 Å². The van der Waals surface area contributed by atoms with Gasteiger partial charge in [0.05, 0.1) is 16.6 Å². The van der Waals surface area contributed by atoms with E-state index in [0.29, 0.717) is 29.9 Å². The molecular formula is C20H25ClN4O3S. The Labute approximate surface area is 179 Å². The molecule has 1 amide bonds. The maximum absolute atomic E-state index is 12.2. The van der Waals surface area contributed by atoms with Crippen LogP contribution in [0, 0.1) is 0 Å². The first-order valence-corrected chi connectivity index (χ1v) is 10.8. The first kappa shape index (κ1) is 21.4. The van der Waals surface area contributed by atoms with Crippen LogP contribution < -0.4 is 20.3 Å². The van der Waals surface area contributed by atoms with Gasteiger partial charge in [0.15, 0.2) is 12.6 Å². The van der Waals surface area contributed by atoms with E-state index in [4.69, 9.17) is 16.3 Å². The molecule has 0 aliphatic carbocycles. The summed E-state index contributed by atoms with van der Waals surface area (Å²) in [6, 6.07) is 11.1. The fourth-order valence-corrected chi connectivity index (χ4v) is 4.00. The summed E-state index contributed by atoms with van der Waals surface area (Å²) in [7, 11) is 0. The van der Waals surface area contributed by atoms with Gasteiger partial charge in [0.25, 0.3) is 5.91 Å². The topological polar surface area (TPSA) is 86.2 Å². The maximum Gasteiger partial charge on any atom is 0.265 e. The Hall–Kier alpha value is -2.29. The zero-order chi connectivity index (χ0) is 20.6. The first-order chi connectivity index (χ1) is 14.1. The molecule has 9 heteroatoms. The summed E-state index contributed by atoms with van der Waals surface area (Å²) in [6.07, 6.45) is 0.0542. The van der Waals surface area contributed by atoms with Crippen LogP contribution in [-0.2, 0) is 4.79 Å². The predicted molar refractivity (Wildman–Crippen MR) is 117 cm³/mol. The molecule has 1 aliphatic rings. The lowest BCUT2D eigenvalue weighted by atomic mass is 10.2. The Bertz CT molecular complexity index is 858. The molecule has 0 bridgehead atoms. The number of carbonyl (C=O) groups is 1. The lowest BCUT2D eigenvalue weighted by molar-refractivity contribution is -0.121. The van der Waals surface area contributed by atoms with Crippen LogP contribution in [0.15, 0.2) is 41.4 Å². The average Bonchev–Trinajstić information content (AvgIpc) is 3.16. The largest absolute Gasteiger partial charge is 0.482 e. The van der Waals surface area contributed by atoms with E-state index in [9.17, 15) is 9.90 Å². The minimum Gasteiger partial charge on any atom is -0.482 e. The van der Waals surface area contributed by atoms with Gasteiger partial charge in [-0.05, 0) is 37.6 Å². The lowest BCUT2D eigenvalue weighted by Gasteiger charge is -2.29. The average molecular weight is 437 g/mol. The van der Waals surface area contributed by atoms with Crippen LogP contribution >= 0.6 is 22.9 Å². The quantitative estimate of drug-likeness (QED) is 0.336. The molecule has 1 aliphatic heterocycles. The molecular weight excluding hydrogens is 412 g/mol. The molecule has 3 rings (SSSR count). The number of fused-ring (bicyclic) bond motifs is 1. The fraction of sp³-hybridized carbons (Fsp3) is 0.400. The zero-order valence-corrected chi connectivity index (χ0v) is 17.8. The molecule has 156 valence electrons. The van der Waals surface area contributed by atoms with Gasteiger partial charge in [-0.15, -0.1) is 11.3 Å². The molecule has 0 radical (unpaired) electrons. The van der Waals surface area contributed by atoms with Crippen molar-refractivity contribution in [2.24, 2.45) is 4.99 Å². The first-order valence-electron chi connectivity index (χ1n) is 9.56. The van der Waals surface area contributed by atoms with Gasteiger partial charge >= 0.3 is 0 Å². The number of para-hydroxylation sites is 2. The van der Waals surface area contributed by atoms with Crippen LogP contribution in [0.2, 0.25) is 4.34 Å². The van der Waals surface area contributed by atoms with Crippen molar-refractivity contribution in [3.05, 3.63) is 45.6 Å². The van der Waals surface area contributed by atoms with E-state index < -0.39 is 6.10 Å². The number of aliphatic imine (C=N–C) groups is 1. The second-order valence-electron chi connectivity index (χ2n) is 6.46. The van der Waals surface area contributed by atoms with E-state index in [1.165, 1.54) is 11.3 Å². The van der Waals surface area contributed by atoms with E-state index in [1.54, 1.807) is 11.0 Å². The molecule has 3 N–H and O–H groups in total. The number of rotatable bonds is 8. The van der Waals surface area contributed by atoms with Gasteiger partial charge in [-0.2, -0.15) is 0 Å². The van der Waals surface area contributed by atoms with Crippen molar-refractivity contribution in [2.45, 2.75) is 19.4 Å². The molecule has 0 spiro atoms. The van der Waals surface area contributed by atoms with Crippen LogP contribution in [0.25, 0.3) is 0 Å². The molecule has 29 heavy (non-hydrogen) atoms. The molecule has 0 fully saturated rings. The van der Waals surface area contributed by atoms with Crippen LogP contribution in [0.3, 0.4) is 0 Å². The van der Waals surface area contributed by atoms with Crippen molar-refractivity contribution in [3.63, 3.8) is 0 Å². The number of aliphatic hydroxyl groups is 1. The maximum atomic E-state index is 12.2. The van der Waals surface area contributed by atoms with Crippen LogP contribution in [0.4, 0.5) is 5.69 Å². The summed E-state index contributed by atoms with van der Waals surface area (Å²) in [5.41, 5.74) is 0.807. The zero-order valence-electron chi connectivity index (χ0n) is 16.2. The van der Waals surface area contributed by atoms with E-state index in [1.807, 2.05) is 37.3 Å². The van der Waals surface area contributed by atoms with Crippen LogP contribution in [0.5, 0.6) is 5.75 Å². The predicted octanol–water partition coefficient (Wildman–Crippen LogP) is 2.81. The number of ether oxygens (including phenoxy) is 1. The number of thiophene rings is 1. The minimum atomic E-state index is -0.689. The third-order valence-corrected chi connectivity index (χ3v) is 5.68. The Morgan fingerprint density at radius 3 is 2.93 bits per heavy atom. The molecule has 2 heterocycles. The normalized spacial score (nSPS) is 14.9. The fourth-order valence-electron chi connectivity index (χ4n) is 2.96. The van der Waals surface area contributed by atoms with Crippen LogP contribution in [-0.4, -0.2) is 49.8 Å². The number of anilines is 1. The number of guanidine groups is 1. The highest BCUT2D eigenvalue weighted by atomic mass is 35.5. The van der Waals surface area contributed by atoms with Gasteiger partial charge in [-0.25, -0.2) is 0 Å². The SMILES string of the molecule is CCNC(=NCC(O)c1ccc(Cl)s1)NCCCN1C(=O)COc2ccccc21. The smallest absolute Gasteiger partial charge is 0.265 e. The number of nitrogens with zero attached hydrogens (tertiary/aromatic N) is 2. The summed E-state index contributed by atoms with van der Waals surface area (Å²) >= 11 is 7.27. The molecule has 0 saturated carbocycles. The summed E-state index contributed by atoms with van der Waals surface area (Å²) in [5, 5.41) is 16.7. The number of aliphatic hydroxyl groups excluding tert-OH is 1. The van der Waals surface area contributed by atoms with Gasteiger partial charge in [0, 0.05) is 24.5 Å². The van der Waals surface area contributed by atoms with Crippen molar-refractivity contribution in [1.29, 1.82) is 0 Å². The summed E-state index contributed by atoms with van der Waals surface area (Å²) in [6.45, 7) is 4.22. The molecule has 2 aromatic rings. The van der Waals surface area contributed by atoms with Crippen molar-refractivity contribution in [1.82, 2.24) is 10.6 Å². The van der Waals surface area contributed by atoms with Crippen molar-refractivity contribution < 1.29 is 14.6 Å². The standard InChI is InChI=1S/C20H25ClN4O3S/c1-2-22-20(24-12-15(26)17-8-9-18(21)29-17)23-10-5-11-25-14-6-3-4-7-16(14)28-13-19(25)27/h3-4,6-9,15,26H,2,5,10-13H2,1H3,(H2,22,23,24). The van der Waals surface area contributed by atoms with Crippen molar-refractivity contribution in [2.75, 3.05) is 37.7 Å². The second kappa shape index (κ2) is 10.5. The minimum absolute atomic E-state index is 0.0398. The number of hydrogen-bond donors (Lipinski definition) is 3. The molecule has 1 aromatic carbocycles. The van der Waals surface area contributed by atoms with E-state index in [0.717, 1.165) is 22.7 Å². The number of halogens is 1. The Balaban J connectivity index is 1.50. The molecule has 1 aromatic heterocycles. The van der Waals surface area contributed by atoms with E-state index in [-0.39, 0.29) is 19.1 Å². The summed E-state index contributed by atoms with van der Waals surface area (Å²) in [5.74, 6) is 1.32.